The number of aromatic hydroxyl groups is 1. The number of nitrogens with zero attached hydrogens (tertiary/aromatic N) is 2. The molecule has 0 saturated carbocycles. The number of benzene rings is 2. The van der Waals surface area contributed by atoms with Crippen molar-refractivity contribution in [2.24, 2.45) is 0 Å². The fraction of sp³-hybridized carbons (Fsp3) is 0.111. The summed E-state index contributed by atoms with van der Waals surface area (Å²) in [5.74, 6) is -1.93. The molecular weight excluding hydrogens is 373 g/mol. The van der Waals surface area contributed by atoms with Gasteiger partial charge in [0, 0.05) is 17.2 Å². The average Bonchev–Trinajstić information content (AvgIpc) is 2.92. The number of hydrogen-bond acceptors (Lipinski definition) is 6. The molecule has 0 radical (unpaired) electrons. The molecule has 1 fully saturated rings. The van der Waals surface area contributed by atoms with Crippen molar-refractivity contribution in [2.75, 3.05) is 7.11 Å². The van der Waals surface area contributed by atoms with Gasteiger partial charge in [-0.05, 0) is 12.1 Å². The van der Waals surface area contributed by atoms with E-state index in [1.165, 1.54) is 25.3 Å². The highest BCUT2D eigenvalue weighted by molar-refractivity contribution is 6.14. The van der Waals surface area contributed by atoms with Crippen molar-refractivity contribution in [3.63, 3.8) is 0 Å². The van der Waals surface area contributed by atoms with Crippen molar-refractivity contribution in [1.29, 1.82) is 0 Å². The summed E-state index contributed by atoms with van der Waals surface area (Å²) in [6.45, 7) is -0.293. The molecule has 10 heteroatoms. The van der Waals surface area contributed by atoms with Gasteiger partial charge in [0.1, 0.15) is 11.5 Å². The van der Waals surface area contributed by atoms with Gasteiger partial charge in [0.25, 0.3) is 11.6 Å². The van der Waals surface area contributed by atoms with Crippen LogP contribution in [0.5, 0.6) is 11.5 Å². The fourth-order valence-corrected chi connectivity index (χ4v) is 2.65. The Morgan fingerprint density at radius 3 is 2.68 bits per heavy atom. The molecule has 3 amide bonds. The van der Waals surface area contributed by atoms with Crippen LogP contribution in [0.1, 0.15) is 11.1 Å². The second-order valence-electron chi connectivity index (χ2n) is 5.81. The molecule has 1 aliphatic heterocycles. The van der Waals surface area contributed by atoms with E-state index in [9.17, 15) is 29.2 Å². The average molecular weight is 387 g/mol. The van der Waals surface area contributed by atoms with E-state index >= 15 is 0 Å². The van der Waals surface area contributed by atoms with Crippen LogP contribution in [-0.4, -0.2) is 34.0 Å². The van der Waals surface area contributed by atoms with Crippen molar-refractivity contribution in [3.05, 3.63) is 69.2 Å². The summed E-state index contributed by atoms with van der Waals surface area (Å²) in [6, 6.07) is 6.97. The number of ether oxygens (including phenoxy) is 1. The second kappa shape index (κ2) is 7.35. The van der Waals surface area contributed by atoms with Crippen LogP contribution in [-0.2, 0) is 11.3 Å². The third-order valence-corrected chi connectivity index (χ3v) is 4.07. The van der Waals surface area contributed by atoms with E-state index in [0.29, 0.717) is 0 Å². The third kappa shape index (κ3) is 3.47. The maximum absolute atomic E-state index is 13.8. The summed E-state index contributed by atoms with van der Waals surface area (Å²) in [4.78, 5) is 35.8. The summed E-state index contributed by atoms with van der Waals surface area (Å²) >= 11 is 0. The van der Waals surface area contributed by atoms with Crippen molar-refractivity contribution in [1.82, 2.24) is 10.2 Å². The number of non-ortho nitro benzene ring substituents is 1. The van der Waals surface area contributed by atoms with Crippen LogP contribution in [0, 0.1) is 15.9 Å². The summed E-state index contributed by atoms with van der Waals surface area (Å²) in [5.41, 5.74) is -0.546. The largest absolute Gasteiger partial charge is 0.504 e. The molecule has 144 valence electrons. The number of phenolic OH excluding ortho intramolecular Hbond substituents is 1. The molecule has 2 N–H and O–H groups in total. The van der Waals surface area contributed by atoms with Crippen LogP contribution in [0.15, 0.2) is 42.1 Å². The standard InChI is InChI=1S/C18H14FN3O6/c1-28-15-8-12(22(26)27)6-11(16(15)23)7-14-17(24)21(18(25)20-14)9-10-4-2-3-5-13(10)19/h2-8,23H,9H2,1H3,(H,20,25)/b14-7+. The highest BCUT2D eigenvalue weighted by Crippen LogP contribution is 2.36. The van der Waals surface area contributed by atoms with Crippen LogP contribution in [0.4, 0.5) is 14.9 Å². The van der Waals surface area contributed by atoms with Crippen LogP contribution in [0.3, 0.4) is 0 Å². The number of amides is 3. The van der Waals surface area contributed by atoms with Gasteiger partial charge in [0.05, 0.1) is 24.6 Å². The van der Waals surface area contributed by atoms with Gasteiger partial charge >= 0.3 is 6.03 Å². The Kier molecular flexibility index (Phi) is 4.94. The first kappa shape index (κ1) is 18.8. The number of methoxy groups -OCH3 is 1. The predicted octanol–water partition coefficient (Wildman–Crippen LogP) is 2.54. The van der Waals surface area contributed by atoms with Gasteiger partial charge in [-0.25, -0.2) is 9.18 Å². The van der Waals surface area contributed by atoms with E-state index in [0.717, 1.165) is 23.1 Å². The minimum atomic E-state index is -0.781. The zero-order valence-electron chi connectivity index (χ0n) is 14.5. The minimum absolute atomic E-state index is 0.0950. The Morgan fingerprint density at radius 2 is 2.04 bits per heavy atom. The number of imide groups is 1. The first-order valence-corrected chi connectivity index (χ1v) is 7.95. The lowest BCUT2D eigenvalue weighted by Crippen LogP contribution is -2.30. The Bertz CT molecular complexity index is 1020. The zero-order chi connectivity index (χ0) is 20.4. The Hall–Kier alpha value is -3.95. The second-order valence-corrected chi connectivity index (χ2v) is 5.81. The molecule has 3 rings (SSSR count). The van der Waals surface area contributed by atoms with E-state index in [-0.39, 0.29) is 34.8 Å². The number of hydrogen-bond donors (Lipinski definition) is 2. The van der Waals surface area contributed by atoms with E-state index in [2.05, 4.69) is 5.32 Å². The van der Waals surface area contributed by atoms with Crippen LogP contribution in [0.25, 0.3) is 6.08 Å². The van der Waals surface area contributed by atoms with Gasteiger partial charge in [-0.2, -0.15) is 0 Å². The quantitative estimate of drug-likeness (QED) is 0.352. The molecule has 1 aliphatic rings. The minimum Gasteiger partial charge on any atom is -0.504 e. The van der Waals surface area contributed by atoms with E-state index < -0.39 is 28.4 Å². The molecule has 2 aromatic rings. The zero-order valence-corrected chi connectivity index (χ0v) is 14.5. The van der Waals surface area contributed by atoms with Crippen molar-refractivity contribution in [3.8, 4) is 11.5 Å². The van der Waals surface area contributed by atoms with Gasteiger partial charge in [-0.15, -0.1) is 0 Å². The number of halogens is 1. The number of carbonyl (C=O) groups is 2. The van der Waals surface area contributed by atoms with Gasteiger partial charge < -0.3 is 15.2 Å². The fourth-order valence-electron chi connectivity index (χ4n) is 2.65. The first-order chi connectivity index (χ1) is 13.3. The van der Waals surface area contributed by atoms with E-state index in [1.807, 2.05) is 0 Å². The molecule has 0 aromatic heterocycles. The molecule has 0 atom stereocenters. The van der Waals surface area contributed by atoms with Crippen molar-refractivity contribution >= 4 is 23.7 Å². The van der Waals surface area contributed by atoms with Gasteiger partial charge in [-0.3, -0.25) is 19.8 Å². The molecule has 1 heterocycles. The summed E-state index contributed by atoms with van der Waals surface area (Å²) in [5, 5.41) is 23.5. The Morgan fingerprint density at radius 1 is 1.32 bits per heavy atom. The Balaban J connectivity index is 1.95. The van der Waals surface area contributed by atoms with Gasteiger partial charge in [-0.1, -0.05) is 18.2 Å². The number of nitro benzene ring substituents is 1. The number of rotatable bonds is 5. The molecule has 2 aromatic carbocycles. The number of nitro groups is 1. The smallest absolute Gasteiger partial charge is 0.329 e. The van der Waals surface area contributed by atoms with Crippen LogP contribution < -0.4 is 10.1 Å². The number of urea groups is 1. The highest BCUT2D eigenvalue weighted by Gasteiger charge is 2.34. The molecule has 28 heavy (non-hydrogen) atoms. The number of phenols is 1. The van der Waals surface area contributed by atoms with Crippen molar-refractivity contribution in [2.45, 2.75) is 6.54 Å². The lowest BCUT2D eigenvalue weighted by Gasteiger charge is -2.12. The monoisotopic (exact) mass is 387 g/mol. The first-order valence-electron chi connectivity index (χ1n) is 7.95. The summed E-state index contributed by atoms with van der Waals surface area (Å²) in [7, 11) is 1.22. The molecule has 9 nitrogen and oxygen atoms in total. The van der Waals surface area contributed by atoms with Gasteiger partial charge in [0.2, 0.25) is 0 Å². The van der Waals surface area contributed by atoms with Crippen molar-refractivity contribution < 1.29 is 28.7 Å². The predicted molar refractivity (Wildman–Crippen MR) is 94.8 cm³/mol. The highest BCUT2D eigenvalue weighted by atomic mass is 19.1. The lowest BCUT2D eigenvalue weighted by atomic mass is 10.1. The van der Waals surface area contributed by atoms with E-state index in [1.54, 1.807) is 6.07 Å². The summed E-state index contributed by atoms with van der Waals surface area (Å²) in [6.07, 6.45) is 1.09. The molecule has 1 saturated heterocycles. The third-order valence-electron chi connectivity index (χ3n) is 4.07. The van der Waals surface area contributed by atoms with Crippen LogP contribution in [0.2, 0.25) is 0 Å². The molecule has 0 bridgehead atoms. The lowest BCUT2D eigenvalue weighted by molar-refractivity contribution is -0.385. The molecule has 0 unspecified atom stereocenters. The van der Waals surface area contributed by atoms with Crippen LogP contribution >= 0.6 is 0 Å². The molecular formula is C18H14FN3O6. The summed E-state index contributed by atoms with van der Waals surface area (Å²) < 4.78 is 18.7. The maximum Gasteiger partial charge on any atom is 0.329 e. The molecule has 0 aliphatic carbocycles. The Labute approximate surface area is 157 Å². The molecule has 0 spiro atoms. The SMILES string of the molecule is COc1cc([N+](=O)[O-])cc(/C=C2/NC(=O)N(Cc3ccccc3F)C2=O)c1O. The number of carbonyl (C=O) groups excluding carboxylic acids is 2. The van der Waals surface area contributed by atoms with E-state index in [4.69, 9.17) is 4.74 Å². The maximum atomic E-state index is 13.8. The topological polar surface area (TPSA) is 122 Å². The normalized spacial score (nSPS) is 15.1. The van der Waals surface area contributed by atoms with Gasteiger partial charge in [0.15, 0.2) is 11.5 Å². The number of nitrogens with one attached hydrogen (secondary N) is 1.